The Hall–Kier alpha value is -1.95. The average molecular weight is 341 g/mol. The van der Waals surface area contributed by atoms with E-state index >= 15 is 0 Å². The Morgan fingerprint density at radius 3 is 2.65 bits per heavy atom. The maximum atomic E-state index is 13.5. The maximum Gasteiger partial charge on any atom is 0.251 e. The fraction of sp³-hybridized carbons (Fsp3) is 0.0714. The van der Waals surface area contributed by atoms with Gasteiger partial charge in [-0.1, -0.05) is 15.9 Å². The molecule has 3 nitrogen and oxygen atoms in total. The number of carbonyl (C=O) groups is 1. The van der Waals surface area contributed by atoms with Gasteiger partial charge in [-0.05, 0) is 36.4 Å². The predicted molar refractivity (Wildman–Crippen MR) is 76.1 cm³/mol. The lowest BCUT2D eigenvalue weighted by Gasteiger charge is -2.07. The van der Waals surface area contributed by atoms with Crippen LogP contribution in [0, 0.1) is 11.6 Å². The molecule has 0 atom stereocenters. The Balaban J connectivity index is 2.10. The SMILES string of the molecule is Nc1cc(F)cc(C(=O)NCc2cc(Br)ccc2F)c1. The van der Waals surface area contributed by atoms with Crippen molar-refractivity contribution in [2.24, 2.45) is 0 Å². The fourth-order valence-corrected chi connectivity index (χ4v) is 2.11. The van der Waals surface area contributed by atoms with Gasteiger partial charge in [-0.15, -0.1) is 0 Å². The smallest absolute Gasteiger partial charge is 0.251 e. The van der Waals surface area contributed by atoms with Gasteiger partial charge in [0.05, 0.1) is 0 Å². The molecule has 1 amide bonds. The molecule has 0 radical (unpaired) electrons. The van der Waals surface area contributed by atoms with E-state index in [2.05, 4.69) is 21.2 Å². The molecule has 20 heavy (non-hydrogen) atoms. The highest BCUT2D eigenvalue weighted by molar-refractivity contribution is 9.10. The first-order valence-electron chi connectivity index (χ1n) is 5.74. The second-order valence-electron chi connectivity index (χ2n) is 4.19. The van der Waals surface area contributed by atoms with Gasteiger partial charge < -0.3 is 11.1 Å². The summed E-state index contributed by atoms with van der Waals surface area (Å²) in [7, 11) is 0. The summed E-state index contributed by atoms with van der Waals surface area (Å²) in [6, 6.07) is 7.97. The van der Waals surface area contributed by atoms with Gasteiger partial charge in [-0.2, -0.15) is 0 Å². The molecule has 6 heteroatoms. The van der Waals surface area contributed by atoms with Crippen LogP contribution in [0.2, 0.25) is 0 Å². The number of nitrogens with two attached hydrogens (primary N) is 1. The minimum absolute atomic E-state index is 0.000521. The highest BCUT2D eigenvalue weighted by Crippen LogP contribution is 2.16. The van der Waals surface area contributed by atoms with Crippen LogP contribution in [0.1, 0.15) is 15.9 Å². The van der Waals surface area contributed by atoms with Crippen molar-refractivity contribution in [3.8, 4) is 0 Å². The van der Waals surface area contributed by atoms with Gasteiger partial charge in [0.15, 0.2) is 0 Å². The molecule has 0 fully saturated rings. The molecule has 104 valence electrons. The van der Waals surface area contributed by atoms with Crippen molar-refractivity contribution < 1.29 is 13.6 Å². The number of hydrogen-bond acceptors (Lipinski definition) is 2. The Kier molecular flexibility index (Phi) is 4.34. The van der Waals surface area contributed by atoms with E-state index in [9.17, 15) is 13.6 Å². The molecular formula is C14H11BrF2N2O. The van der Waals surface area contributed by atoms with E-state index in [0.717, 1.165) is 12.1 Å². The van der Waals surface area contributed by atoms with Crippen molar-refractivity contribution in [2.75, 3.05) is 5.73 Å². The van der Waals surface area contributed by atoms with Crippen LogP contribution >= 0.6 is 15.9 Å². The van der Waals surface area contributed by atoms with Crippen molar-refractivity contribution >= 4 is 27.5 Å². The number of anilines is 1. The van der Waals surface area contributed by atoms with Crippen LogP contribution in [0.5, 0.6) is 0 Å². The van der Waals surface area contributed by atoms with Crippen LogP contribution in [0.4, 0.5) is 14.5 Å². The lowest BCUT2D eigenvalue weighted by molar-refractivity contribution is 0.0950. The minimum Gasteiger partial charge on any atom is -0.399 e. The summed E-state index contributed by atoms with van der Waals surface area (Å²) in [5.74, 6) is -1.54. The monoisotopic (exact) mass is 340 g/mol. The molecule has 0 spiro atoms. The molecule has 2 aromatic rings. The second kappa shape index (κ2) is 6.00. The number of hydrogen-bond donors (Lipinski definition) is 2. The molecule has 0 saturated carbocycles. The molecule has 0 saturated heterocycles. The van der Waals surface area contributed by atoms with Gasteiger partial charge in [-0.25, -0.2) is 8.78 Å². The van der Waals surface area contributed by atoms with Crippen LogP contribution in [-0.2, 0) is 6.54 Å². The molecule has 0 bridgehead atoms. The van der Waals surface area contributed by atoms with E-state index in [1.165, 1.54) is 12.1 Å². The summed E-state index contributed by atoms with van der Waals surface area (Å²) in [5.41, 5.74) is 6.04. The number of nitrogen functional groups attached to an aromatic ring is 1. The molecule has 0 aliphatic carbocycles. The molecule has 3 N–H and O–H groups in total. The van der Waals surface area contributed by atoms with Gasteiger partial charge in [0.2, 0.25) is 0 Å². The van der Waals surface area contributed by atoms with E-state index < -0.39 is 17.5 Å². The number of carbonyl (C=O) groups excluding carboxylic acids is 1. The molecular weight excluding hydrogens is 330 g/mol. The molecule has 0 heterocycles. The number of benzene rings is 2. The molecule has 0 aromatic heterocycles. The first-order chi connectivity index (χ1) is 9.45. The molecule has 0 unspecified atom stereocenters. The first kappa shape index (κ1) is 14.5. The summed E-state index contributed by atoms with van der Waals surface area (Å²) >= 11 is 3.22. The molecule has 0 aliphatic heterocycles. The summed E-state index contributed by atoms with van der Waals surface area (Å²) in [6.45, 7) is 0.000521. The van der Waals surface area contributed by atoms with Crippen LogP contribution in [0.15, 0.2) is 40.9 Å². The predicted octanol–water partition coefficient (Wildman–Crippen LogP) is 3.24. The van der Waals surface area contributed by atoms with Crippen LogP contribution < -0.4 is 11.1 Å². The summed E-state index contributed by atoms with van der Waals surface area (Å²) < 4.78 is 27.3. The van der Waals surface area contributed by atoms with E-state index in [-0.39, 0.29) is 17.8 Å². The highest BCUT2D eigenvalue weighted by atomic mass is 79.9. The topological polar surface area (TPSA) is 55.1 Å². The van der Waals surface area contributed by atoms with Crippen LogP contribution in [0.3, 0.4) is 0 Å². The third-order valence-electron chi connectivity index (χ3n) is 2.63. The largest absolute Gasteiger partial charge is 0.399 e. The maximum absolute atomic E-state index is 13.5. The van der Waals surface area contributed by atoms with E-state index in [1.807, 2.05) is 0 Å². The molecule has 2 rings (SSSR count). The molecule has 0 aliphatic rings. The average Bonchev–Trinajstić information content (AvgIpc) is 2.38. The van der Waals surface area contributed by atoms with E-state index in [0.29, 0.717) is 10.0 Å². The number of rotatable bonds is 3. The van der Waals surface area contributed by atoms with Gasteiger partial charge in [0, 0.05) is 27.8 Å². The standard InChI is InChI=1S/C14H11BrF2N2O/c15-10-1-2-13(17)9(3-10)7-19-14(20)8-4-11(16)6-12(18)5-8/h1-6H,7,18H2,(H,19,20). The van der Waals surface area contributed by atoms with E-state index in [4.69, 9.17) is 5.73 Å². The quantitative estimate of drug-likeness (QED) is 0.842. The third-order valence-corrected chi connectivity index (χ3v) is 3.12. The first-order valence-corrected chi connectivity index (χ1v) is 6.53. The van der Waals surface area contributed by atoms with Gasteiger partial charge in [-0.3, -0.25) is 4.79 Å². The Labute approximate surface area is 122 Å². The third kappa shape index (κ3) is 3.54. The zero-order valence-electron chi connectivity index (χ0n) is 10.3. The Morgan fingerprint density at radius 1 is 1.20 bits per heavy atom. The second-order valence-corrected chi connectivity index (χ2v) is 5.11. The summed E-state index contributed by atoms with van der Waals surface area (Å²) in [6.07, 6.45) is 0. The van der Waals surface area contributed by atoms with Crippen molar-refractivity contribution in [3.63, 3.8) is 0 Å². The number of halogens is 3. The minimum atomic E-state index is -0.594. The van der Waals surface area contributed by atoms with Gasteiger partial charge in [0.25, 0.3) is 5.91 Å². The highest BCUT2D eigenvalue weighted by Gasteiger charge is 2.09. The number of amides is 1. The van der Waals surface area contributed by atoms with E-state index in [1.54, 1.807) is 12.1 Å². The Bertz CT molecular complexity index is 641. The van der Waals surface area contributed by atoms with Crippen LogP contribution in [-0.4, -0.2) is 5.91 Å². The Morgan fingerprint density at radius 2 is 1.95 bits per heavy atom. The molecule has 2 aromatic carbocycles. The van der Waals surface area contributed by atoms with Crippen LogP contribution in [0.25, 0.3) is 0 Å². The fourth-order valence-electron chi connectivity index (χ4n) is 1.70. The lowest BCUT2D eigenvalue weighted by Crippen LogP contribution is -2.23. The summed E-state index contributed by atoms with van der Waals surface area (Å²) in [5, 5.41) is 2.52. The van der Waals surface area contributed by atoms with Crippen molar-refractivity contribution in [1.82, 2.24) is 5.32 Å². The lowest BCUT2D eigenvalue weighted by atomic mass is 10.1. The van der Waals surface area contributed by atoms with Crippen molar-refractivity contribution in [1.29, 1.82) is 0 Å². The summed E-state index contributed by atoms with van der Waals surface area (Å²) in [4.78, 5) is 11.9. The number of nitrogens with one attached hydrogen (secondary N) is 1. The zero-order valence-corrected chi connectivity index (χ0v) is 11.9. The normalized spacial score (nSPS) is 10.3. The zero-order chi connectivity index (χ0) is 14.7. The van der Waals surface area contributed by atoms with Crippen molar-refractivity contribution in [2.45, 2.75) is 6.54 Å². The van der Waals surface area contributed by atoms with Gasteiger partial charge in [0.1, 0.15) is 11.6 Å². The van der Waals surface area contributed by atoms with Crippen molar-refractivity contribution in [3.05, 3.63) is 63.6 Å². The van der Waals surface area contributed by atoms with Gasteiger partial charge >= 0.3 is 0 Å².